The van der Waals surface area contributed by atoms with Crippen molar-refractivity contribution in [3.8, 4) is 0 Å². The summed E-state index contributed by atoms with van der Waals surface area (Å²) in [5.41, 5.74) is 1.62. The van der Waals surface area contributed by atoms with Gasteiger partial charge in [-0.1, -0.05) is 54.4 Å². The van der Waals surface area contributed by atoms with Gasteiger partial charge >= 0.3 is 11.4 Å². The van der Waals surface area contributed by atoms with Crippen LogP contribution in [0.2, 0.25) is 5.02 Å². The predicted molar refractivity (Wildman–Crippen MR) is 132 cm³/mol. The molecule has 1 heterocycles. The molecule has 0 spiro atoms. The van der Waals surface area contributed by atoms with Crippen molar-refractivity contribution in [2.45, 2.75) is 45.7 Å². The fraction of sp³-hybridized carbons (Fsp3) is 0.333. The van der Waals surface area contributed by atoms with Gasteiger partial charge in [-0.25, -0.2) is 19.1 Å². The Labute approximate surface area is 205 Å². The Morgan fingerprint density at radius 3 is 2.40 bits per heavy atom. The number of halogens is 1. The van der Waals surface area contributed by atoms with Crippen molar-refractivity contribution in [2.75, 3.05) is 5.84 Å². The number of nitroso groups, excluding NO2 is 1. The zero-order valence-corrected chi connectivity index (χ0v) is 20.1. The Hall–Kier alpha value is -3.79. The number of aryl methyl sites for hydroxylation is 1. The summed E-state index contributed by atoms with van der Waals surface area (Å²) in [4.78, 5) is 53.3. The normalized spacial score (nSPS) is 14.7. The summed E-state index contributed by atoms with van der Waals surface area (Å²) < 4.78 is 2.81. The van der Waals surface area contributed by atoms with E-state index >= 15 is 0 Å². The fourth-order valence-electron chi connectivity index (χ4n) is 3.81. The van der Waals surface area contributed by atoms with E-state index in [9.17, 15) is 19.3 Å². The first-order chi connectivity index (χ1) is 16.7. The van der Waals surface area contributed by atoms with Crippen LogP contribution in [0.1, 0.15) is 42.4 Å². The number of nitrogens with zero attached hydrogens (tertiary/aromatic N) is 5. The first-order valence-corrected chi connectivity index (χ1v) is 11.6. The predicted octanol–water partition coefficient (Wildman–Crippen LogP) is 2.57. The molecule has 1 aromatic heterocycles. The molecule has 1 aliphatic rings. The number of hydrogen-bond donors (Lipinski definition) is 1. The van der Waals surface area contributed by atoms with Crippen LogP contribution < -0.4 is 22.8 Å². The van der Waals surface area contributed by atoms with Crippen LogP contribution in [0.4, 0.5) is 5.69 Å². The first-order valence-electron chi connectivity index (χ1n) is 11.2. The molecule has 1 atom stereocenters. The van der Waals surface area contributed by atoms with Crippen LogP contribution >= 0.6 is 11.6 Å². The lowest BCUT2D eigenvalue weighted by molar-refractivity contribution is -0.121. The van der Waals surface area contributed by atoms with Crippen LogP contribution in [0, 0.1) is 17.7 Å². The topological polar surface area (TPSA) is 134 Å². The van der Waals surface area contributed by atoms with E-state index in [-0.39, 0.29) is 18.7 Å². The lowest BCUT2D eigenvalue weighted by Gasteiger charge is -2.15. The van der Waals surface area contributed by atoms with Gasteiger partial charge in [0.15, 0.2) is 0 Å². The molecule has 3 aromatic rings. The molecule has 0 saturated heterocycles. The number of nitrogen functional groups attached to an aromatic ring is 1. The van der Waals surface area contributed by atoms with E-state index in [1.807, 2.05) is 37.3 Å². The third-order valence-electron chi connectivity index (χ3n) is 6.02. The van der Waals surface area contributed by atoms with Crippen molar-refractivity contribution >= 4 is 23.2 Å². The number of nitrogens with two attached hydrogens (primary N) is 1. The van der Waals surface area contributed by atoms with Crippen molar-refractivity contribution in [3.05, 3.63) is 95.7 Å². The highest BCUT2D eigenvalue weighted by Gasteiger charge is 2.25. The molecule has 35 heavy (non-hydrogen) atoms. The van der Waals surface area contributed by atoms with Crippen molar-refractivity contribution in [1.82, 2.24) is 13.8 Å². The average Bonchev–Trinajstić information content (AvgIpc) is 3.68. The van der Waals surface area contributed by atoms with Gasteiger partial charge in [-0.3, -0.25) is 9.36 Å². The average molecular weight is 497 g/mol. The summed E-state index contributed by atoms with van der Waals surface area (Å²) in [7, 11) is 0. The van der Waals surface area contributed by atoms with Crippen LogP contribution in [0.15, 0.2) is 62.2 Å². The van der Waals surface area contributed by atoms with Gasteiger partial charge in [0.05, 0.1) is 18.2 Å². The Kier molecular flexibility index (Phi) is 6.83. The van der Waals surface area contributed by atoms with Crippen LogP contribution in [0.25, 0.3) is 0 Å². The highest BCUT2D eigenvalue weighted by Crippen LogP contribution is 2.43. The zero-order chi connectivity index (χ0) is 25.3. The minimum Gasteiger partial charge on any atom is -0.332 e. The molecule has 0 aliphatic heterocycles. The number of rotatable bonds is 7. The Bertz CT molecular complexity index is 1480. The molecule has 0 radical (unpaired) electrons. The van der Waals surface area contributed by atoms with E-state index in [2.05, 4.69) is 10.2 Å². The maximum atomic E-state index is 13.4. The molecular formula is C24H25ClN6O4. The van der Waals surface area contributed by atoms with E-state index in [4.69, 9.17) is 17.4 Å². The summed E-state index contributed by atoms with van der Waals surface area (Å²) >= 11 is 6.44. The second-order valence-corrected chi connectivity index (χ2v) is 9.25. The van der Waals surface area contributed by atoms with Crippen LogP contribution in [-0.2, 0) is 17.9 Å². The van der Waals surface area contributed by atoms with Gasteiger partial charge in [-0.05, 0) is 48.9 Å². The van der Waals surface area contributed by atoms with Crippen molar-refractivity contribution in [1.29, 1.82) is 0 Å². The molecule has 0 bridgehead atoms. The number of carbonyl (C=O) groups is 1. The lowest BCUT2D eigenvalue weighted by atomic mass is 10.1. The maximum Gasteiger partial charge on any atom is 0.353 e. The third-order valence-corrected chi connectivity index (χ3v) is 6.34. The second kappa shape index (κ2) is 9.83. The zero-order valence-electron chi connectivity index (χ0n) is 19.3. The maximum absolute atomic E-state index is 13.4. The second-order valence-electron chi connectivity index (χ2n) is 8.84. The summed E-state index contributed by atoms with van der Waals surface area (Å²) in [5.74, 6) is 4.61. The Morgan fingerprint density at radius 2 is 1.80 bits per heavy atom. The number of aromatic nitrogens is 3. The molecule has 0 unspecified atom stereocenters. The summed E-state index contributed by atoms with van der Waals surface area (Å²) in [5, 5.41) is 2.95. The molecule has 182 valence electrons. The van der Waals surface area contributed by atoms with Crippen LogP contribution in [-0.4, -0.2) is 19.7 Å². The number of benzene rings is 2. The third kappa shape index (κ3) is 5.17. The molecule has 4 rings (SSSR count). The van der Waals surface area contributed by atoms with Gasteiger partial charge in [0.25, 0.3) is 5.91 Å². The monoisotopic (exact) mass is 496 g/mol. The summed E-state index contributed by atoms with van der Waals surface area (Å²) in [6.07, 6.45) is 2.18. The quantitative estimate of drug-likeness (QED) is 0.396. The number of amides is 1. The SMILES string of the molecule is Cc1ccc(Cn2c(=Nc3ccc(C4CC4)c(Cl)c3)n(N)c(=O)n(C[C@H](C)C(=O)N=O)c2=O)cc1. The molecule has 1 fully saturated rings. The van der Waals surface area contributed by atoms with Gasteiger partial charge in [0.2, 0.25) is 5.62 Å². The Morgan fingerprint density at radius 1 is 1.11 bits per heavy atom. The van der Waals surface area contributed by atoms with E-state index in [1.165, 1.54) is 11.5 Å². The molecule has 2 aromatic carbocycles. The van der Waals surface area contributed by atoms with Gasteiger partial charge in [-0.2, -0.15) is 4.68 Å². The van der Waals surface area contributed by atoms with Gasteiger partial charge < -0.3 is 5.84 Å². The number of carbonyl (C=O) groups excluding carboxylic acids is 1. The Balaban J connectivity index is 1.89. The van der Waals surface area contributed by atoms with Gasteiger partial charge in [0.1, 0.15) is 0 Å². The number of hydrogen-bond acceptors (Lipinski definition) is 6. The molecule has 1 saturated carbocycles. The lowest BCUT2D eigenvalue weighted by Crippen LogP contribution is -2.58. The molecular weight excluding hydrogens is 472 g/mol. The minimum atomic E-state index is -0.984. The molecule has 1 amide bonds. The molecule has 10 nitrogen and oxygen atoms in total. The summed E-state index contributed by atoms with van der Waals surface area (Å²) in [6, 6.07) is 12.8. The fourth-order valence-corrected chi connectivity index (χ4v) is 4.14. The van der Waals surface area contributed by atoms with Gasteiger partial charge in [0, 0.05) is 16.7 Å². The largest absolute Gasteiger partial charge is 0.353 e. The van der Waals surface area contributed by atoms with Crippen LogP contribution in [0.3, 0.4) is 0 Å². The van der Waals surface area contributed by atoms with Crippen molar-refractivity contribution < 1.29 is 4.79 Å². The standard InChI is InChI=1S/C24H25ClN6O4/c1-14-3-5-16(6-4-14)13-29-22(27-18-9-10-19(17-7-8-17)20(25)11-18)31(26)24(34)30(23(29)33)12-15(2)21(32)28-35/h3-6,9-11,15,17H,7-8,12-13,26H2,1-2H3/t15-/m0/s1. The first kappa shape index (κ1) is 24.3. The highest BCUT2D eigenvalue weighted by molar-refractivity contribution is 6.31. The highest BCUT2D eigenvalue weighted by atomic mass is 35.5. The van der Waals surface area contributed by atoms with Crippen molar-refractivity contribution in [3.63, 3.8) is 0 Å². The molecule has 2 N–H and O–H groups in total. The van der Waals surface area contributed by atoms with Gasteiger partial charge in [-0.15, -0.1) is 4.91 Å². The van der Waals surface area contributed by atoms with Crippen molar-refractivity contribution in [2.24, 2.45) is 16.1 Å². The molecule has 1 aliphatic carbocycles. The van der Waals surface area contributed by atoms with E-state index in [0.717, 1.165) is 38.8 Å². The van der Waals surface area contributed by atoms with E-state index < -0.39 is 23.2 Å². The smallest absolute Gasteiger partial charge is 0.332 e. The molecule has 11 heteroatoms. The van der Waals surface area contributed by atoms with E-state index in [1.54, 1.807) is 12.1 Å². The van der Waals surface area contributed by atoms with Crippen LogP contribution in [0.5, 0.6) is 0 Å². The minimum absolute atomic E-state index is 0.0670. The summed E-state index contributed by atoms with van der Waals surface area (Å²) in [6.45, 7) is 3.06. The van der Waals surface area contributed by atoms with E-state index in [0.29, 0.717) is 16.6 Å².